The summed E-state index contributed by atoms with van der Waals surface area (Å²) in [5.41, 5.74) is 6.63. The maximum absolute atomic E-state index is 12.9. The van der Waals surface area contributed by atoms with E-state index in [4.69, 9.17) is 5.73 Å². The third-order valence-corrected chi connectivity index (χ3v) is 8.46. The highest BCUT2D eigenvalue weighted by Crippen LogP contribution is 2.61. The van der Waals surface area contributed by atoms with Gasteiger partial charge in [-0.15, -0.1) is 0 Å². The lowest BCUT2D eigenvalue weighted by molar-refractivity contribution is -0.128. The van der Waals surface area contributed by atoms with E-state index in [9.17, 15) is 14.4 Å². The number of hydrogen-bond acceptors (Lipinski definition) is 5. The molecule has 5 atom stereocenters. The monoisotopic (exact) mass is 515 g/mol. The molecule has 33 heavy (non-hydrogen) atoms. The first kappa shape index (κ1) is 23.5. The fraction of sp³-hybridized carbons (Fsp3) is 0.500. The molecule has 3 saturated carbocycles. The topological polar surface area (TPSA) is 119 Å². The fourth-order valence-electron chi connectivity index (χ4n) is 5.53. The second-order valence-corrected chi connectivity index (χ2v) is 10.6. The third kappa shape index (κ3) is 4.43. The Morgan fingerprint density at radius 3 is 2.58 bits per heavy atom. The van der Waals surface area contributed by atoms with E-state index in [2.05, 4.69) is 52.4 Å². The summed E-state index contributed by atoms with van der Waals surface area (Å²) >= 11 is 3.39. The van der Waals surface area contributed by atoms with Gasteiger partial charge >= 0.3 is 0 Å². The van der Waals surface area contributed by atoms with Gasteiger partial charge < -0.3 is 16.4 Å². The van der Waals surface area contributed by atoms with Gasteiger partial charge in [0.25, 0.3) is 5.56 Å². The van der Waals surface area contributed by atoms with Crippen molar-refractivity contribution in [3.63, 3.8) is 0 Å². The van der Waals surface area contributed by atoms with Crippen LogP contribution in [0.15, 0.2) is 45.8 Å². The van der Waals surface area contributed by atoms with Crippen LogP contribution in [0.3, 0.4) is 0 Å². The summed E-state index contributed by atoms with van der Waals surface area (Å²) in [5, 5.41) is 10.3. The predicted octanol–water partition coefficient (Wildman–Crippen LogP) is 2.83. The van der Waals surface area contributed by atoms with E-state index in [1.165, 1.54) is 6.42 Å². The largest absolute Gasteiger partial charge is 0.380 e. The molecule has 3 aliphatic carbocycles. The molecule has 0 spiro atoms. The zero-order valence-electron chi connectivity index (χ0n) is 19.0. The quantitative estimate of drug-likeness (QED) is 0.523. The first-order chi connectivity index (χ1) is 15.6. The highest BCUT2D eigenvalue weighted by molar-refractivity contribution is 9.10. The Labute approximate surface area is 201 Å². The predicted molar refractivity (Wildman–Crippen MR) is 129 cm³/mol. The molecule has 1 unspecified atom stereocenters. The van der Waals surface area contributed by atoms with Crippen LogP contribution in [0, 0.1) is 23.2 Å². The Bertz CT molecular complexity index is 1120. The number of primary amides is 1. The Morgan fingerprint density at radius 2 is 1.97 bits per heavy atom. The fourth-order valence-corrected chi connectivity index (χ4v) is 5.95. The number of nitrogens with one attached hydrogen (secondary N) is 2. The van der Waals surface area contributed by atoms with Crippen LogP contribution in [0.25, 0.3) is 0 Å². The number of fused-ring (bicyclic) bond motifs is 2. The van der Waals surface area contributed by atoms with E-state index in [1.807, 2.05) is 0 Å². The van der Waals surface area contributed by atoms with Crippen molar-refractivity contribution in [2.45, 2.75) is 52.2 Å². The lowest BCUT2D eigenvalue weighted by Gasteiger charge is -2.62. The molecule has 0 saturated heterocycles. The van der Waals surface area contributed by atoms with Crippen molar-refractivity contribution in [3.8, 4) is 0 Å². The maximum Gasteiger partial charge on any atom is 0.283 e. The van der Waals surface area contributed by atoms with Crippen LogP contribution in [-0.2, 0) is 16.1 Å². The van der Waals surface area contributed by atoms with Gasteiger partial charge in [0.2, 0.25) is 11.8 Å². The van der Waals surface area contributed by atoms with Gasteiger partial charge in [0.05, 0.1) is 11.9 Å². The average Bonchev–Trinajstić information content (AvgIpc) is 2.78. The molecule has 2 aromatic rings. The zero-order valence-corrected chi connectivity index (χ0v) is 20.6. The number of amides is 2. The second-order valence-electron chi connectivity index (χ2n) is 9.85. The van der Waals surface area contributed by atoms with Crippen molar-refractivity contribution >= 4 is 33.4 Å². The Morgan fingerprint density at radius 1 is 1.27 bits per heavy atom. The number of anilines is 1. The maximum atomic E-state index is 12.9. The molecule has 176 valence electrons. The van der Waals surface area contributed by atoms with E-state index in [-0.39, 0.29) is 12.6 Å². The molecule has 5 rings (SSSR count). The number of nitrogens with two attached hydrogens (primary N) is 1. The smallest absolute Gasteiger partial charge is 0.283 e. The van der Waals surface area contributed by atoms with Crippen LogP contribution in [-0.4, -0.2) is 27.6 Å². The van der Waals surface area contributed by atoms with E-state index in [1.54, 1.807) is 36.5 Å². The van der Waals surface area contributed by atoms with Crippen LogP contribution < -0.4 is 21.9 Å². The van der Waals surface area contributed by atoms with Crippen LogP contribution >= 0.6 is 15.9 Å². The molecule has 8 nitrogen and oxygen atoms in total. The molecule has 4 N–H and O–H groups in total. The lowest BCUT2D eigenvalue weighted by atomic mass is 9.45. The van der Waals surface area contributed by atoms with Gasteiger partial charge in [-0.2, -0.15) is 5.10 Å². The van der Waals surface area contributed by atoms with Gasteiger partial charge in [-0.3, -0.25) is 14.4 Å². The number of nitrogens with zero attached hydrogens (tertiary/aromatic N) is 2. The summed E-state index contributed by atoms with van der Waals surface area (Å²) in [4.78, 5) is 37.3. The van der Waals surface area contributed by atoms with Crippen LogP contribution in [0.5, 0.6) is 0 Å². The number of halogens is 1. The summed E-state index contributed by atoms with van der Waals surface area (Å²) in [7, 11) is 0. The van der Waals surface area contributed by atoms with E-state index in [0.717, 1.165) is 11.1 Å². The molecule has 2 amide bonds. The highest BCUT2D eigenvalue weighted by Gasteiger charge is 2.56. The zero-order chi connectivity index (χ0) is 23.9. The molecule has 3 aliphatic rings. The molecular formula is C24H30BrN5O3. The van der Waals surface area contributed by atoms with Crippen molar-refractivity contribution in [2.24, 2.45) is 28.9 Å². The van der Waals surface area contributed by atoms with Gasteiger partial charge in [-0.05, 0) is 57.5 Å². The van der Waals surface area contributed by atoms with E-state index >= 15 is 0 Å². The summed E-state index contributed by atoms with van der Waals surface area (Å²) in [6, 6.07) is 8.01. The number of carbonyl (C=O) groups excluding carboxylic acids is 2. The first-order valence-corrected chi connectivity index (χ1v) is 12.0. The molecule has 1 heterocycles. The highest BCUT2D eigenvalue weighted by atomic mass is 79.9. The molecule has 1 aromatic heterocycles. The summed E-state index contributed by atoms with van der Waals surface area (Å²) in [6.07, 6.45) is 3.91. The summed E-state index contributed by atoms with van der Waals surface area (Å²) in [5.74, 6) is 0.641. The number of benzene rings is 1. The van der Waals surface area contributed by atoms with E-state index < -0.39 is 23.4 Å². The second kappa shape index (κ2) is 8.93. The molecule has 0 aliphatic heterocycles. The van der Waals surface area contributed by atoms with Crippen molar-refractivity contribution in [2.75, 3.05) is 5.32 Å². The molecule has 3 fully saturated rings. The third-order valence-electron chi connectivity index (χ3n) is 7.70. The SMILES string of the molecule is C[C@H]1[C@H]2C[C@H](C[C@H]1Nc1cnn(CC(=O)NC(C(N)=O)c3ccccc3)c(=O)c1Br)C2(C)C. The Kier molecular flexibility index (Phi) is 6.35. The van der Waals surface area contributed by atoms with Gasteiger partial charge in [0, 0.05) is 6.04 Å². The van der Waals surface area contributed by atoms with Gasteiger partial charge in [0.15, 0.2) is 0 Å². The van der Waals surface area contributed by atoms with Crippen LogP contribution in [0.1, 0.15) is 45.2 Å². The van der Waals surface area contributed by atoms with Crippen molar-refractivity contribution in [3.05, 3.63) is 56.9 Å². The van der Waals surface area contributed by atoms with Crippen LogP contribution in [0.4, 0.5) is 5.69 Å². The first-order valence-electron chi connectivity index (χ1n) is 11.3. The minimum absolute atomic E-state index is 0.278. The summed E-state index contributed by atoms with van der Waals surface area (Å²) < 4.78 is 1.41. The lowest BCUT2D eigenvalue weighted by Crippen LogP contribution is -2.58. The minimum atomic E-state index is -0.984. The Hall–Kier alpha value is -2.68. The van der Waals surface area contributed by atoms with Gasteiger partial charge in [-0.1, -0.05) is 51.1 Å². The molecule has 9 heteroatoms. The Balaban J connectivity index is 1.44. The van der Waals surface area contributed by atoms with Crippen molar-refractivity contribution < 1.29 is 9.59 Å². The van der Waals surface area contributed by atoms with E-state index in [0.29, 0.717) is 38.9 Å². The standard InChI is InChI=1S/C24H30BrN5O3/c1-13-16-9-15(24(16,2)3)10-17(13)28-18-11-27-30(23(33)20(18)25)12-19(31)29-21(22(26)32)14-7-5-4-6-8-14/h4-8,11,13,15-17,21,28H,9-10,12H2,1-3H3,(H2,26,32)(H,29,31)/t13-,15+,16+,17+,21?/m0/s1. The molecule has 0 radical (unpaired) electrons. The van der Waals surface area contributed by atoms with Crippen molar-refractivity contribution in [1.82, 2.24) is 15.1 Å². The summed E-state index contributed by atoms with van der Waals surface area (Å²) in [6.45, 7) is 6.65. The average molecular weight is 516 g/mol. The minimum Gasteiger partial charge on any atom is -0.380 e. The number of rotatable bonds is 7. The molecule has 1 aromatic carbocycles. The number of aromatic nitrogens is 2. The number of carbonyl (C=O) groups is 2. The van der Waals surface area contributed by atoms with Crippen LogP contribution in [0.2, 0.25) is 0 Å². The normalized spacial score (nSPS) is 26.1. The van der Waals surface area contributed by atoms with Gasteiger partial charge in [0.1, 0.15) is 17.1 Å². The molecule has 2 bridgehead atoms. The molecular weight excluding hydrogens is 486 g/mol. The van der Waals surface area contributed by atoms with Gasteiger partial charge in [-0.25, -0.2) is 4.68 Å². The van der Waals surface area contributed by atoms with Crippen molar-refractivity contribution in [1.29, 1.82) is 0 Å². The number of hydrogen-bond donors (Lipinski definition) is 3.